The smallest absolute Gasteiger partial charge is 0.294 e. The minimum absolute atomic E-state index is 0.00326. The molecule has 0 unspecified atom stereocenters. The Kier molecular flexibility index (Phi) is 6.78. The number of nitrogens with one attached hydrogen (secondary N) is 1. The van der Waals surface area contributed by atoms with E-state index in [1.54, 1.807) is 12.1 Å². The zero-order chi connectivity index (χ0) is 22.7. The number of benzene rings is 2. The van der Waals surface area contributed by atoms with Gasteiger partial charge in [-0.25, -0.2) is 4.39 Å². The minimum Gasteiger partial charge on any atom is -0.378 e. The van der Waals surface area contributed by atoms with Gasteiger partial charge in [0.15, 0.2) is 0 Å². The molecule has 4 rings (SSSR count). The van der Waals surface area contributed by atoms with Crippen LogP contribution >= 0.6 is 23.4 Å². The topological polar surface area (TPSA) is 79.0 Å². The Labute approximate surface area is 193 Å². The average molecular weight is 476 g/mol. The number of imide groups is 1. The molecule has 2 aliphatic rings. The van der Waals surface area contributed by atoms with E-state index >= 15 is 0 Å². The third kappa shape index (κ3) is 4.79. The second-order valence-corrected chi connectivity index (χ2v) is 8.47. The fraction of sp³-hybridized carbons (Fsp3) is 0.227. The van der Waals surface area contributed by atoms with Crippen molar-refractivity contribution in [3.63, 3.8) is 0 Å². The lowest BCUT2D eigenvalue weighted by Crippen LogP contribution is -2.38. The van der Waals surface area contributed by atoms with Crippen LogP contribution in [0.4, 0.5) is 20.6 Å². The van der Waals surface area contributed by atoms with E-state index in [9.17, 15) is 18.8 Å². The number of carbonyl (C=O) groups excluding carboxylic acids is 3. The molecule has 0 atom stereocenters. The maximum Gasteiger partial charge on any atom is 0.294 e. The number of hydrogen-bond donors (Lipinski definition) is 1. The molecule has 10 heteroatoms. The average Bonchev–Trinajstić information content (AvgIpc) is 3.04. The normalized spacial score (nSPS) is 17.9. The van der Waals surface area contributed by atoms with Crippen LogP contribution in [-0.2, 0) is 14.3 Å². The quantitative estimate of drug-likeness (QED) is 0.659. The molecule has 32 heavy (non-hydrogen) atoms. The molecule has 0 spiro atoms. The second kappa shape index (κ2) is 9.72. The molecule has 2 heterocycles. The van der Waals surface area contributed by atoms with E-state index in [0.717, 1.165) is 10.6 Å². The molecule has 3 amide bonds. The maximum absolute atomic E-state index is 14.0. The van der Waals surface area contributed by atoms with Gasteiger partial charge >= 0.3 is 0 Å². The molecular formula is C22H19ClFN3O4S. The van der Waals surface area contributed by atoms with Crippen LogP contribution in [0.1, 0.15) is 5.56 Å². The maximum atomic E-state index is 14.0. The van der Waals surface area contributed by atoms with Gasteiger partial charge in [0.1, 0.15) is 12.4 Å². The van der Waals surface area contributed by atoms with E-state index in [2.05, 4.69) is 10.2 Å². The van der Waals surface area contributed by atoms with Crippen molar-refractivity contribution in [3.05, 3.63) is 63.8 Å². The highest BCUT2D eigenvalue weighted by atomic mass is 35.5. The molecule has 7 nitrogen and oxygen atoms in total. The van der Waals surface area contributed by atoms with Crippen LogP contribution in [-0.4, -0.2) is 54.8 Å². The third-order valence-corrected chi connectivity index (χ3v) is 6.22. The monoisotopic (exact) mass is 475 g/mol. The van der Waals surface area contributed by atoms with Gasteiger partial charge in [-0.3, -0.25) is 19.3 Å². The number of carbonyl (C=O) groups is 3. The number of morpholine rings is 1. The van der Waals surface area contributed by atoms with Crippen molar-refractivity contribution in [2.45, 2.75) is 0 Å². The predicted octanol–water partition coefficient (Wildman–Crippen LogP) is 3.99. The Morgan fingerprint density at radius 3 is 2.66 bits per heavy atom. The lowest BCUT2D eigenvalue weighted by atomic mass is 10.2. The summed E-state index contributed by atoms with van der Waals surface area (Å²) in [5.41, 5.74) is 1.44. The van der Waals surface area contributed by atoms with Crippen molar-refractivity contribution in [1.82, 2.24) is 4.90 Å². The fourth-order valence-electron chi connectivity index (χ4n) is 3.41. The van der Waals surface area contributed by atoms with Gasteiger partial charge < -0.3 is 15.0 Å². The second-order valence-electron chi connectivity index (χ2n) is 7.07. The Balaban J connectivity index is 1.47. The number of thioether (sulfide) groups is 1. The lowest BCUT2D eigenvalue weighted by molar-refractivity contribution is -0.127. The predicted molar refractivity (Wildman–Crippen MR) is 122 cm³/mol. The fourth-order valence-corrected chi connectivity index (χ4v) is 4.45. The van der Waals surface area contributed by atoms with Crippen molar-refractivity contribution in [3.8, 4) is 0 Å². The van der Waals surface area contributed by atoms with Gasteiger partial charge in [-0.15, -0.1) is 0 Å². The van der Waals surface area contributed by atoms with Gasteiger partial charge in [0, 0.05) is 18.7 Å². The van der Waals surface area contributed by atoms with Crippen molar-refractivity contribution in [2.75, 3.05) is 43.1 Å². The number of halogens is 2. The first kappa shape index (κ1) is 22.3. The van der Waals surface area contributed by atoms with Gasteiger partial charge in [-0.1, -0.05) is 29.8 Å². The molecule has 2 aliphatic heterocycles. The van der Waals surface area contributed by atoms with Crippen LogP contribution in [0, 0.1) is 5.82 Å². The summed E-state index contributed by atoms with van der Waals surface area (Å²) >= 11 is 6.64. The number of ether oxygens (including phenoxy) is 1. The van der Waals surface area contributed by atoms with Gasteiger partial charge in [0.25, 0.3) is 11.1 Å². The van der Waals surface area contributed by atoms with E-state index in [1.807, 2.05) is 12.1 Å². The highest BCUT2D eigenvalue weighted by Gasteiger charge is 2.36. The molecule has 1 N–H and O–H groups in total. The van der Waals surface area contributed by atoms with Gasteiger partial charge in [0.2, 0.25) is 5.91 Å². The van der Waals surface area contributed by atoms with Crippen molar-refractivity contribution >= 4 is 57.9 Å². The van der Waals surface area contributed by atoms with E-state index < -0.39 is 29.4 Å². The summed E-state index contributed by atoms with van der Waals surface area (Å²) in [7, 11) is 0. The first-order valence-electron chi connectivity index (χ1n) is 9.85. The number of anilines is 2. The van der Waals surface area contributed by atoms with Crippen LogP contribution < -0.4 is 10.2 Å². The molecule has 0 bridgehead atoms. The van der Waals surface area contributed by atoms with Crippen LogP contribution in [0.25, 0.3) is 6.08 Å². The Morgan fingerprint density at radius 1 is 1.16 bits per heavy atom. The summed E-state index contributed by atoms with van der Waals surface area (Å²) in [4.78, 5) is 40.6. The van der Waals surface area contributed by atoms with Crippen molar-refractivity contribution < 1.29 is 23.5 Å². The summed E-state index contributed by atoms with van der Waals surface area (Å²) in [5, 5.41) is 2.29. The Bertz CT molecular complexity index is 1080. The number of hydrogen-bond acceptors (Lipinski definition) is 6. The standard InChI is InChI=1S/C22H19ClFN3O4S/c23-15-4-3-5-16(24)14(15)12-19-21(29)27(22(30)32-19)13-20(28)25-17-6-1-2-7-18(17)26-8-10-31-11-9-26/h1-7,12H,8-11,13H2,(H,25,28)/b19-12-. The Hall–Kier alpha value is -2.88. The van der Waals surface area contributed by atoms with Crippen LogP contribution in [0.5, 0.6) is 0 Å². The first-order valence-corrected chi connectivity index (χ1v) is 11.0. The number of amides is 3. The van der Waals surface area contributed by atoms with Gasteiger partial charge in [-0.05, 0) is 42.1 Å². The highest BCUT2D eigenvalue weighted by Crippen LogP contribution is 2.34. The minimum atomic E-state index is -0.670. The Morgan fingerprint density at radius 2 is 1.91 bits per heavy atom. The number of nitrogens with zero attached hydrogens (tertiary/aromatic N) is 2. The summed E-state index contributed by atoms with van der Waals surface area (Å²) in [6, 6.07) is 11.5. The van der Waals surface area contributed by atoms with Crippen LogP contribution in [0.15, 0.2) is 47.4 Å². The summed E-state index contributed by atoms with van der Waals surface area (Å²) in [5.74, 6) is -1.80. The largest absolute Gasteiger partial charge is 0.378 e. The first-order chi connectivity index (χ1) is 15.4. The molecular weight excluding hydrogens is 457 g/mol. The SMILES string of the molecule is O=C(CN1C(=O)S/C(=C\c2c(F)cccc2Cl)C1=O)Nc1ccccc1N1CCOCC1. The summed E-state index contributed by atoms with van der Waals surface area (Å²) in [6.45, 7) is 2.12. The molecule has 0 radical (unpaired) electrons. The van der Waals surface area contributed by atoms with Crippen molar-refractivity contribution in [1.29, 1.82) is 0 Å². The summed E-state index contributed by atoms with van der Waals surface area (Å²) < 4.78 is 19.4. The molecule has 0 aliphatic carbocycles. The molecule has 2 saturated heterocycles. The van der Waals surface area contributed by atoms with E-state index in [0.29, 0.717) is 43.8 Å². The zero-order valence-corrected chi connectivity index (χ0v) is 18.4. The zero-order valence-electron chi connectivity index (χ0n) is 16.8. The van der Waals surface area contributed by atoms with Crippen LogP contribution in [0.2, 0.25) is 5.02 Å². The van der Waals surface area contributed by atoms with Gasteiger partial charge in [-0.2, -0.15) is 0 Å². The molecule has 2 aromatic carbocycles. The highest BCUT2D eigenvalue weighted by molar-refractivity contribution is 8.18. The number of rotatable bonds is 5. The van der Waals surface area contributed by atoms with Gasteiger partial charge in [0.05, 0.1) is 34.5 Å². The third-order valence-electron chi connectivity index (χ3n) is 4.98. The van der Waals surface area contributed by atoms with E-state index in [-0.39, 0.29) is 15.5 Å². The molecule has 2 aromatic rings. The van der Waals surface area contributed by atoms with E-state index in [4.69, 9.17) is 16.3 Å². The van der Waals surface area contributed by atoms with E-state index in [1.165, 1.54) is 24.3 Å². The summed E-state index contributed by atoms with van der Waals surface area (Å²) in [6.07, 6.45) is 1.23. The van der Waals surface area contributed by atoms with Crippen LogP contribution in [0.3, 0.4) is 0 Å². The number of para-hydroxylation sites is 2. The lowest BCUT2D eigenvalue weighted by Gasteiger charge is -2.30. The molecule has 0 aromatic heterocycles. The molecule has 2 fully saturated rings. The molecule has 0 saturated carbocycles. The van der Waals surface area contributed by atoms with Crippen molar-refractivity contribution in [2.24, 2.45) is 0 Å². The molecule has 166 valence electrons.